The van der Waals surface area contributed by atoms with E-state index in [0.29, 0.717) is 5.75 Å². The summed E-state index contributed by atoms with van der Waals surface area (Å²) < 4.78 is 0. The van der Waals surface area contributed by atoms with Gasteiger partial charge in [-0.1, -0.05) is 18.9 Å². The average Bonchev–Trinajstić information content (AvgIpc) is 2.91. The average molecular weight is 299 g/mol. The second-order valence-corrected chi connectivity index (χ2v) is 7.01. The van der Waals surface area contributed by atoms with Gasteiger partial charge in [0.15, 0.2) is 0 Å². The Balaban J connectivity index is 1.75. The summed E-state index contributed by atoms with van der Waals surface area (Å²) in [7, 11) is 1.83. The number of aliphatic hydroxyl groups is 1. The van der Waals surface area contributed by atoms with Gasteiger partial charge in [-0.2, -0.15) is 0 Å². The summed E-state index contributed by atoms with van der Waals surface area (Å²) in [6.45, 7) is 0. The highest BCUT2D eigenvalue weighted by Gasteiger charge is 2.28. The normalized spacial score (nSPS) is 23.3. The van der Waals surface area contributed by atoms with Crippen LogP contribution in [-0.2, 0) is 10.5 Å². The lowest BCUT2D eigenvalue weighted by Gasteiger charge is -2.35. The highest BCUT2D eigenvalue weighted by Crippen LogP contribution is 2.23. The molecule has 1 aromatic rings. The smallest absolute Gasteiger partial charge is 0.232 e. The zero-order chi connectivity index (χ0) is 13.7. The molecule has 1 aliphatic carbocycles. The first-order chi connectivity index (χ1) is 9.18. The summed E-state index contributed by atoms with van der Waals surface area (Å²) in [6.07, 6.45) is 3.60. The minimum Gasteiger partial charge on any atom is -0.391 e. The molecule has 3 nitrogen and oxygen atoms in total. The first kappa shape index (κ1) is 14.9. The first-order valence-corrected chi connectivity index (χ1v) is 8.76. The number of carbonyl (C=O) groups is 1. The number of aliphatic hydroxyl groups excluding tert-OH is 1. The highest BCUT2D eigenvalue weighted by molar-refractivity contribution is 7.99. The van der Waals surface area contributed by atoms with E-state index < -0.39 is 0 Å². The van der Waals surface area contributed by atoms with E-state index in [-0.39, 0.29) is 18.1 Å². The molecular weight excluding hydrogens is 278 g/mol. The van der Waals surface area contributed by atoms with Gasteiger partial charge in [0, 0.05) is 17.7 Å². The molecule has 1 amide bonds. The summed E-state index contributed by atoms with van der Waals surface area (Å²) in [5, 5.41) is 12.0. The van der Waals surface area contributed by atoms with E-state index >= 15 is 0 Å². The van der Waals surface area contributed by atoms with Gasteiger partial charge in [-0.25, -0.2) is 0 Å². The Labute approximate surface area is 123 Å². The second-order valence-electron chi connectivity index (χ2n) is 5.00. The molecule has 19 heavy (non-hydrogen) atoms. The van der Waals surface area contributed by atoms with Gasteiger partial charge >= 0.3 is 0 Å². The molecule has 1 saturated carbocycles. The van der Waals surface area contributed by atoms with Gasteiger partial charge in [-0.15, -0.1) is 23.1 Å². The van der Waals surface area contributed by atoms with Crippen LogP contribution >= 0.6 is 23.1 Å². The zero-order valence-electron chi connectivity index (χ0n) is 11.2. The molecule has 0 bridgehead atoms. The van der Waals surface area contributed by atoms with Crippen LogP contribution in [0.25, 0.3) is 0 Å². The van der Waals surface area contributed by atoms with E-state index in [4.69, 9.17) is 0 Å². The third-order valence-corrected chi connectivity index (χ3v) is 5.66. The van der Waals surface area contributed by atoms with Crippen molar-refractivity contribution in [3.63, 3.8) is 0 Å². The molecule has 0 aliphatic heterocycles. The molecular formula is C14H21NO2S2. The summed E-state index contributed by atoms with van der Waals surface area (Å²) in [6, 6.07) is 4.15. The summed E-state index contributed by atoms with van der Waals surface area (Å²) in [5.41, 5.74) is 0. The van der Waals surface area contributed by atoms with Crippen molar-refractivity contribution in [3.8, 4) is 0 Å². The lowest BCUT2D eigenvalue weighted by atomic mass is 9.91. The predicted molar refractivity (Wildman–Crippen MR) is 81.5 cm³/mol. The van der Waals surface area contributed by atoms with Crippen molar-refractivity contribution < 1.29 is 9.90 Å². The fraction of sp³-hybridized carbons (Fsp3) is 0.643. The van der Waals surface area contributed by atoms with Crippen molar-refractivity contribution in [2.75, 3.05) is 12.8 Å². The van der Waals surface area contributed by atoms with E-state index in [1.54, 1.807) is 28.0 Å². The van der Waals surface area contributed by atoms with Crippen molar-refractivity contribution in [1.82, 2.24) is 4.90 Å². The van der Waals surface area contributed by atoms with Crippen LogP contribution in [0.2, 0.25) is 0 Å². The number of carbonyl (C=O) groups excluding carboxylic acids is 1. The largest absolute Gasteiger partial charge is 0.391 e. The van der Waals surface area contributed by atoms with Gasteiger partial charge in [-0.3, -0.25) is 4.79 Å². The Kier molecular flexibility index (Phi) is 5.73. The standard InChI is InChI=1S/C14H21NO2S2/c1-15(12-6-2-3-7-13(12)16)14(17)10-18-9-11-5-4-8-19-11/h4-5,8,12-13,16H,2-3,6-7,9-10H2,1H3. The molecule has 1 N–H and O–H groups in total. The molecule has 2 unspecified atom stereocenters. The van der Waals surface area contributed by atoms with Crippen LogP contribution in [0.1, 0.15) is 30.6 Å². The fourth-order valence-electron chi connectivity index (χ4n) is 2.46. The van der Waals surface area contributed by atoms with Crippen LogP contribution in [0.4, 0.5) is 0 Å². The molecule has 2 rings (SSSR count). The number of thiophene rings is 1. The maximum absolute atomic E-state index is 12.1. The molecule has 1 aromatic heterocycles. The van der Waals surface area contributed by atoms with Crippen molar-refractivity contribution in [1.29, 1.82) is 0 Å². The molecule has 5 heteroatoms. The van der Waals surface area contributed by atoms with Gasteiger partial charge in [0.25, 0.3) is 0 Å². The molecule has 0 aromatic carbocycles. The summed E-state index contributed by atoms with van der Waals surface area (Å²) in [4.78, 5) is 15.2. The van der Waals surface area contributed by atoms with Gasteiger partial charge < -0.3 is 10.0 Å². The topological polar surface area (TPSA) is 40.5 Å². The molecule has 0 radical (unpaired) electrons. The lowest BCUT2D eigenvalue weighted by Crippen LogP contribution is -2.46. The number of nitrogens with zero attached hydrogens (tertiary/aromatic N) is 1. The highest BCUT2D eigenvalue weighted by atomic mass is 32.2. The van der Waals surface area contributed by atoms with Crippen LogP contribution < -0.4 is 0 Å². The van der Waals surface area contributed by atoms with Gasteiger partial charge in [0.05, 0.1) is 17.9 Å². The van der Waals surface area contributed by atoms with Crippen LogP contribution in [0.15, 0.2) is 17.5 Å². The Bertz CT molecular complexity index is 394. The van der Waals surface area contributed by atoms with E-state index in [2.05, 4.69) is 11.4 Å². The minimum absolute atomic E-state index is 0.0172. The molecule has 1 fully saturated rings. The van der Waals surface area contributed by atoms with Crippen molar-refractivity contribution >= 4 is 29.0 Å². The van der Waals surface area contributed by atoms with Crippen LogP contribution in [0.5, 0.6) is 0 Å². The van der Waals surface area contributed by atoms with E-state index in [0.717, 1.165) is 31.4 Å². The number of thioether (sulfide) groups is 1. The summed E-state index contributed by atoms with van der Waals surface area (Å²) >= 11 is 3.38. The lowest BCUT2D eigenvalue weighted by molar-refractivity contribution is -0.132. The Morgan fingerprint density at radius 2 is 2.32 bits per heavy atom. The SMILES string of the molecule is CN(C(=O)CSCc1cccs1)C1CCCCC1O. The number of rotatable bonds is 5. The number of amides is 1. The van der Waals surface area contributed by atoms with E-state index in [9.17, 15) is 9.90 Å². The Hall–Kier alpha value is -0.520. The summed E-state index contributed by atoms with van der Waals surface area (Å²) in [5.74, 6) is 1.52. The third kappa shape index (κ3) is 4.23. The number of likely N-dealkylation sites (N-methyl/N-ethyl adjacent to an activating group) is 1. The molecule has 2 atom stereocenters. The quantitative estimate of drug-likeness (QED) is 0.909. The maximum Gasteiger partial charge on any atom is 0.232 e. The third-order valence-electron chi connectivity index (χ3n) is 3.63. The maximum atomic E-state index is 12.1. The molecule has 106 valence electrons. The molecule has 0 saturated heterocycles. The van der Waals surface area contributed by atoms with Crippen LogP contribution in [-0.4, -0.2) is 40.9 Å². The zero-order valence-corrected chi connectivity index (χ0v) is 12.9. The Morgan fingerprint density at radius 3 is 3.00 bits per heavy atom. The number of hydrogen-bond donors (Lipinski definition) is 1. The molecule has 0 spiro atoms. The Morgan fingerprint density at radius 1 is 1.53 bits per heavy atom. The van der Waals surface area contributed by atoms with Gasteiger partial charge in [0.2, 0.25) is 5.91 Å². The van der Waals surface area contributed by atoms with Gasteiger partial charge in [0.1, 0.15) is 0 Å². The molecule has 1 aliphatic rings. The molecule has 1 heterocycles. The van der Waals surface area contributed by atoms with Crippen molar-refractivity contribution in [3.05, 3.63) is 22.4 Å². The monoisotopic (exact) mass is 299 g/mol. The van der Waals surface area contributed by atoms with Gasteiger partial charge in [-0.05, 0) is 24.3 Å². The van der Waals surface area contributed by atoms with Crippen molar-refractivity contribution in [2.24, 2.45) is 0 Å². The predicted octanol–water partition coefficient (Wildman–Crippen LogP) is 2.74. The van der Waals surface area contributed by atoms with Crippen LogP contribution in [0, 0.1) is 0 Å². The first-order valence-electron chi connectivity index (χ1n) is 6.72. The fourth-order valence-corrected chi connectivity index (χ4v) is 4.25. The minimum atomic E-state index is -0.343. The number of hydrogen-bond acceptors (Lipinski definition) is 4. The van der Waals surface area contributed by atoms with Crippen LogP contribution in [0.3, 0.4) is 0 Å². The van der Waals surface area contributed by atoms with E-state index in [1.807, 2.05) is 13.1 Å². The van der Waals surface area contributed by atoms with Crippen molar-refractivity contribution in [2.45, 2.75) is 43.6 Å². The van der Waals surface area contributed by atoms with E-state index in [1.165, 1.54) is 4.88 Å². The second kappa shape index (κ2) is 7.31.